The summed E-state index contributed by atoms with van der Waals surface area (Å²) < 4.78 is 16.5. The second-order valence-corrected chi connectivity index (χ2v) is 8.20. The van der Waals surface area contributed by atoms with Crippen LogP contribution in [0.1, 0.15) is 31.9 Å². The molecule has 0 N–H and O–H groups in total. The molecule has 1 aliphatic heterocycles. The van der Waals surface area contributed by atoms with E-state index in [0.29, 0.717) is 28.7 Å². The van der Waals surface area contributed by atoms with E-state index in [2.05, 4.69) is 0 Å². The lowest BCUT2D eigenvalue weighted by Crippen LogP contribution is -2.44. The van der Waals surface area contributed by atoms with Gasteiger partial charge in [0.25, 0.3) is 11.8 Å². The number of carbonyl (C=O) groups is 3. The molecule has 186 valence electrons. The van der Waals surface area contributed by atoms with Crippen LogP contribution in [0.5, 0.6) is 11.5 Å². The Balaban J connectivity index is 1.92. The number of ether oxygens (including phenoxy) is 3. The van der Waals surface area contributed by atoms with Crippen molar-refractivity contribution >= 4 is 35.5 Å². The number of rotatable bonds is 9. The molecule has 1 aliphatic rings. The number of halogens is 1. The Hall–Kier alpha value is -4.09. The summed E-state index contributed by atoms with van der Waals surface area (Å²) in [5.41, 5.74) is 1.74. The number of nitrogens with zero attached hydrogens (tertiary/aromatic N) is 2. The van der Waals surface area contributed by atoms with Gasteiger partial charge >= 0.3 is 5.97 Å². The zero-order valence-electron chi connectivity index (χ0n) is 20.2. The van der Waals surface area contributed by atoms with Gasteiger partial charge in [-0.2, -0.15) is 5.26 Å². The summed E-state index contributed by atoms with van der Waals surface area (Å²) >= 11 is 6.21. The van der Waals surface area contributed by atoms with E-state index in [1.54, 1.807) is 37.3 Å². The van der Waals surface area contributed by atoms with E-state index in [0.717, 1.165) is 10.5 Å². The van der Waals surface area contributed by atoms with E-state index in [1.807, 2.05) is 31.2 Å². The molecule has 0 fully saturated rings. The van der Waals surface area contributed by atoms with Crippen LogP contribution in [0.2, 0.25) is 5.02 Å². The predicted octanol–water partition coefficient (Wildman–Crippen LogP) is 4.47. The summed E-state index contributed by atoms with van der Waals surface area (Å²) in [6.07, 6.45) is 1.58. The van der Waals surface area contributed by atoms with E-state index in [4.69, 9.17) is 25.8 Å². The van der Waals surface area contributed by atoms with Crippen LogP contribution in [0.25, 0.3) is 6.08 Å². The SMILES string of the molecule is CCOc1cc(/C=C2/C(=O)N(CCOC(C)=O)C(=O)C(C#N)=C2C)ccc1OCc1ccccc1Cl. The van der Waals surface area contributed by atoms with Crippen LogP contribution in [-0.4, -0.2) is 42.4 Å². The summed E-state index contributed by atoms with van der Waals surface area (Å²) in [5.74, 6) is -0.873. The van der Waals surface area contributed by atoms with Crippen LogP contribution in [0.15, 0.2) is 59.2 Å². The van der Waals surface area contributed by atoms with E-state index in [-0.39, 0.29) is 36.5 Å². The van der Waals surface area contributed by atoms with Gasteiger partial charge < -0.3 is 14.2 Å². The van der Waals surface area contributed by atoms with Crippen LogP contribution in [0.4, 0.5) is 0 Å². The first-order chi connectivity index (χ1) is 17.3. The fraction of sp³-hybridized carbons (Fsp3) is 0.259. The van der Waals surface area contributed by atoms with Gasteiger partial charge in [0.15, 0.2) is 11.5 Å². The van der Waals surface area contributed by atoms with Crippen LogP contribution < -0.4 is 9.47 Å². The normalized spacial score (nSPS) is 14.6. The molecule has 1 heterocycles. The molecule has 0 saturated carbocycles. The Bertz CT molecular complexity index is 1290. The highest BCUT2D eigenvalue weighted by atomic mass is 35.5. The van der Waals surface area contributed by atoms with E-state index >= 15 is 0 Å². The minimum atomic E-state index is -0.720. The van der Waals surface area contributed by atoms with Gasteiger partial charge in [-0.15, -0.1) is 0 Å². The molecule has 0 radical (unpaired) electrons. The van der Waals surface area contributed by atoms with Crippen molar-refractivity contribution in [2.24, 2.45) is 0 Å². The van der Waals surface area contributed by atoms with Crippen molar-refractivity contribution in [3.05, 3.63) is 75.3 Å². The third kappa shape index (κ3) is 6.12. The van der Waals surface area contributed by atoms with E-state index in [1.165, 1.54) is 6.92 Å². The fourth-order valence-electron chi connectivity index (χ4n) is 3.55. The van der Waals surface area contributed by atoms with Gasteiger partial charge in [-0.25, -0.2) is 0 Å². The molecule has 9 heteroatoms. The molecule has 8 nitrogen and oxygen atoms in total. The van der Waals surface area contributed by atoms with E-state index < -0.39 is 17.8 Å². The van der Waals surface area contributed by atoms with Gasteiger partial charge in [0.05, 0.1) is 13.2 Å². The van der Waals surface area contributed by atoms with E-state index in [9.17, 15) is 19.6 Å². The zero-order valence-corrected chi connectivity index (χ0v) is 20.9. The molecule has 2 aromatic carbocycles. The third-order valence-corrected chi connectivity index (χ3v) is 5.73. The second-order valence-electron chi connectivity index (χ2n) is 7.79. The quantitative estimate of drug-likeness (QED) is 0.279. The topological polar surface area (TPSA) is 106 Å². The molecule has 0 spiro atoms. The highest BCUT2D eigenvalue weighted by Crippen LogP contribution is 2.33. The maximum atomic E-state index is 13.1. The highest BCUT2D eigenvalue weighted by molar-refractivity contribution is 6.31. The number of carbonyl (C=O) groups excluding carboxylic acids is 3. The first kappa shape index (κ1) is 26.5. The summed E-state index contributed by atoms with van der Waals surface area (Å²) in [5, 5.41) is 10.1. The molecular weight excluding hydrogens is 484 g/mol. The lowest BCUT2D eigenvalue weighted by molar-refractivity contribution is -0.147. The Labute approximate surface area is 214 Å². The Kier molecular flexibility index (Phi) is 8.87. The standard InChI is InChI=1S/C27H25ClN2O6/c1-4-34-25-14-19(9-10-24(25)36-16-20-7-5-6-8-23(20)28)13-21-17(2)22(15-29)27(33)30(26(21)32)11-12-35-18(3)31/h5-10,13-14H,4,11-12,16H2,1-3H3/b21-13+. The minimum Gasteiger partial charge on any atom is -0.490 e. The molecule has 0 bridgehead atoms. The molecular formula is C27H25ClN2O6. The number of nitriles is 1. The molecule has 0 unspecified atom stereocenters. The Morgan fingerprint density at radius 3 is 2.53 bits per heavy atom. The van der Waals surface area contributed by atoms with Gasteiger partial charge in [0.2, 0.25) is 0 Å². The number of hydrogen-bond acceptors (Lipinski definition) is 7. The number of esters is 1. The van der Waals surface area contributed by atoms with Gasteiger partial charge in [0.1, 0.15) is 24.9 Å². The first-order valence-corrected chi connectivity index (χ1v) is 11.6. The first-order valence-electron chi connectivity index (χ1n) is 11.2. The van der Waals surface area contributed by atoms with Gasteiger partial charge in [-0.05, 0) is 49.3 Å². The molecule has 36 heavy (non-hydrogen) atoms. The minimum absolute atomic E-state index is 0.145. The molecule has 0 atom stereocenters. The summed E-state index contributed by atoms with van der Waals surface area (Å²) in [4.78, 5) is 37.8. The molecule has 2 amide bonds. The third-order valence-electron chi connectivity index (χ3n) is 5.37. The van der Waals surface area contributed by atoms with Crippen molar-refractivity contribution < 1.29 is 28.6 Å². The largest absolute Gasteiger partial charge is 0.490 e. The fourth-order valence-corrected chi connectivity index (χ4v) is 3.74. The van der Waals surface area contributed by atoms with Crippen molar-refractivity contribution in [1.29, 1.82) is 5.26 Å². The number of hydrogen-bond donors (Lipinski definition) is 0. The van der Waals surface area contributed by atoms with Crippen LogP contribution >= 0.6 is 11.6 Å². The summed E-state index contributed by atoms with van der Waals surface area (Å²) in [6, 6.07) is 14.4. The van der Waals surface area contributed by atoms with Crippen molar-refractivity contribution in [2.45, 2.75) is 27.4 Å². The van der Waals surface area contributed by atoms with Gasteiger partial charge in [0, 0.05) is 23.1 Å². The zero-order chi connectivity index (χ0) is 26.2. The molecule has 3 rings (SSSR count). The van der Waals surface area contributed by atoms with Crippen molar-refractivity contribution in [3.63, 3.8) is 0 Å². The van der Waals surface area contributed by atoms with Crippen molar-refractivity contribution in [2.75, 3.05) is 19.8 Å². The average molecular weight is 509 g/mol. The summed E-state index contributed by atoms with van der Waals surface area (Å²) in [6.45, 7) is 4.92. The van der Waals surface area contributed by atoms with Crippen LogP contribution in [-0.2, 0) is 25.7 Å². The molecule has 0 aromatic heterocycles. The summed E-state index contributed by atoms with van der Waals surface area (Å²) in [7, 11) is 0. The predicted molar refractivity (Wildman–Crippen MR) is 133 cm³/mol. The second kappa shape index (κ2) is 12.0. The Morgan fingerprint density at radius 2 is 1.86 bits per heavy atom. The number of benzene rings is 2. The van der Waals surface area contributed by atoms with Crippen LogP contribution in [0.3, 0.4) is 0 Å². The lowest BCUT2D eigenvalue weighted by Gasteiger charge is -2.27. The van der Waals surface area contributed by atoms with Crippen molar-refractivity contribution in [1.82, 2.24) is 4.90 Å². The van der Waals surface area contributed by atoms with Crippen LogP contribution in [0, 0.1) is 11.3 Å². The van der Waals surface area contributed by atoms with Crippen molar-refractivity contribution in [3.8, 4) is 17.6 Å². The maximum Gasteiger partial charge on any atom is 0.302 e. The smallest absolute Gasteiger partial charge is 0.302 e. The lowest BCUT2D eigenvalue weighted by atomic mass is 9.93. The Morgan fingerprint density at radius 1 is 1.11 bits per heavy atom. The number of imide groups is 1. The van der Waals surface area contributed by atoms with Gasteiger partial charge in [-0.1, -0.05) is 35.9 Å². The number of amides is 2. The molecule has 2 aromatic rings. The molecule has 0 saturated heterocycles. The van der Waals surface area contributed by atoms with Gasteiger partial charge in [-0.3, -0.25) is 19.3 Å². The molecule has 0 aliphatic carbocycles. The average Bonchev–Trinajstić information content (AvgIpc) is 2.84. The highest BCUT2D eigenvalue weighted by Gasteiger charge is 2.35. The maximum absolute atomic E-state index is 13.1. The monoisotopic (exact) mass is 508 g/mol.